The van der Waals surface area contributed by atoms with Crippen molar-refractivity contribution in [1.29, 1.82) is 0 Å². The van der Waals surface area contributed by atoms with Crippen molar-refractivity contribution in [1.82, 2.24) is 14.4 Å². The van der Waals surface area contributed by atoms with Crippen LogP contribution >= 0.6 is 23.4 Å². The number of rotatable bonds is 3. The van der Waals surface area contributed by atoms with Crippen LogP contribution in [0.4, 0.5) is 4.39 Å². The van der Waals surface area contributed by atoms with E-state index in [9.17, 15) is 9.18 Å². The molecule has 4 nitrogen and oxygen atoms in total. The molecule has 0 N–H and O–H groups in total. The molecule has 0 saturated heterocycles. The maximum absolute atomic E-state index is 13.7. The van der Waals surface area contributed by atoms with Crippen molar-refractivity contribution in [3.05, 3.63) is 69.0 Å². The Hall–Kier alpha value is -1.92. The molecular weight excluding hydrogens is 325 g/mol. The molecule has 0 amide bonds. The molecule has 0 radical (unpaired) electrons. The molecule has 0 aliphatic rings. The van der Waals surface area contributed by atoms with Gasteiger partial charge < -0.3 is 0 Å². The number of halogens is 2. The summed E-state index contributed by atoms with van der Waals surface area (Å²) in [5, 5.41) is 0.653. The van der Waals surface area contributed by atoms with Gasteiger partial charge in [0.15, 0.2) is 5.16 Å². The summed E-state index contributed by atoms with van der Waals surface area (Å²) in [6.07, 6.45) is 1.62. The van der Waals surface area contributed by atoms with E-state index in [4.69, 9.17) is 11.6 Å². The summed E-state index contributed by atoms with van der Waals surface area (Å²) in [5.41, 5.74) is 1.39. The van der Waals surface area contributed by atoms with Crippen LogP contribution in [0.3, 0.4) is 0 Å². The fourth-order valence-electron chi connectivity index (χ4n) is 2.03. The molecule has 0 atom stereocenters. The molecule has 2 heterocycles. The Morgan fingerprint density at radius 1 is 1.27 bits per heavy atom. The van der Waals surface area contributed by atoms with Gasteiger partial charge in [-0.2, -0.15) is 4.98 Å². The largest absolute Gasteiger partial charge is 0.355 e. The highest BCUT2D eigenvalue weighted by Gasteiger charge is 2.10. The molecule has 0 aliphatic carbocycles. The van der Waals surface area contributed by atoms with Crippen molar-refractivity contribution in [2.75, 3.05) is 0 Å². The monoisotopic (exact) mass is 335 g/mol. The molecule has 0 spiro atoms. The molecule has 0 aliphatic heterocycles. The number of nitrogens with zero attached hydrogens (tertiary/aromatic N) is 3. The number of fused-ring (bicyclic) bond motifs is 1. The van der Waals surface area contributed by atoms with Crippen LogP contribution in [-0.2, 0) is 5.75 Å². The Labute approximate surface area is 135 Å². The second-order valence-electron chi connectivity index (χ2n) is 4.66. The Morgan fingerprint density at radius 3 is 2.86 bits per heavy atom. The Kier molecular flexibility index (Phi) is 4.13. The molecule has 1 aromatic carbocycles. The second kappa shape index (κ2) is 6.06. The van der Waals surface area contributed by atoms with E-state index in [2.05, 4.69) is 9.97 Å². The first-order chi connectivity index (χ1) is 10.6. The fourth-order valence-corrected chi connectivity index (χ4v) is 3.20. The van der Waals surface area contributed by atoms with Gasteiger partial charge in [-0.1, -0.05) is 35.5 Å². The molecule has 7 heteroatoms. The topological polar surface area (TPSA) is 47.3 Å². The third kappa shape index (κ3) is 2.84. The van der Waals surface area contributed by atoms with E-state index in [1.165, 1.54) is 22.2 Å². The summed E-state index contributed by atoms with van der Waals surface area (Å²) >= 11 is 7.17. The van der Waals surface area contributed by atoms with Gasteiger partial charge >= 0.3 is 5.69 Å². The van der Waals surface area contributed by atoms with E-state index in [1.807, 2.05) is 13.0 Å². The van der Waals surface area contributed by atoms with E-state index in [1.54, 1.807) is 24.4 Å². The quantitative estimate of drug-likeness (QED) is 0.687. The molecule has 3 rings (SSSR count). The minimum atomic E-state index is -0.407. The van der Waals surface area contributed by atoms with E-state index < -0.39 is 5.69 Å². The van der Waals surface area contributed by atoms with Crippen LogP contribution in [0.1, 0.15) is 11.1 Å². The first-order valence-electron chi connectivity index (χ1n) is 6.48. The second-order valence-corrected chi connectivity index (χ2v) is 6.01. The van der Waals surface area contributed by atoms with Crippen LogP contribution in [-0.4, -0.2) is 14.4 Å². The summed E-state index contributed by atoms with van der Waals surface area (Å²) in [6.45, 7) is 1.87. The number of thioether (sulfide) groups is 1. The van der Waals surface area contributed by atoms with E-state index in [0.29, 0.717) is 21.4 Å². The molecule has 22 heavy (non-hydrogen) atoms. The van der Waals surface area contributed by atoms with Gasteiger partial charge in [-0.3, -0.25) is 4.40 Å². The van der Waals surface area contributed by atoms with Gasteiger partial charge in [0.2, 0.25) is 0 Å². The maximum Gasteiger partial charge on any atom is 0.355 e. The van der Waals surface area contributed by atoms with Crippen molar-refractivity contribution in [2.24, 2.45) is 0 Å². The molecule has 0 fully saturated rings. The predicted molar refractivity (Wildman–Crippen MR) is 85.0 cm³/mol. The van der Waals surface area contributed by atoms with Crippen molar-refractivity contribution < 1.29 is 4.39 Å². The van der Waals surface area contributed by atoms with E-state index in [0.717, 1.165) is 5.56 Å². The standard InChI is InChI=1S/C15H11ClFN3OS/c1-9-4-3-7-20-13(9)18-14(19-15(20)21)22-8-10-11(16)5-2-6-12(10)17/h2-7H,8H2,1H3. The smallest absolute Gasteiger partial charge is 0.251 e. The lowest BCUT2D eigenvalue weighted by Gasteiger charge is -2.06. The number of pyridine rings is 1. The Bertz CT molecular complexity index is 893. The molecule has 112 valence electrons. The third-order valence-corrected chi connectivity index (χ3v) is 4.40. The lowest BCUT2D eigenvalue weighted by molar-refractivity contribution is 0.617. The van der Waals surface area contributed by atoms with Gasteiger partial charge in [-0.25, -0.2) is 14.2 Å². The zero-order chi connectivity index (χ0) is 15.7. The number of aromatic nitrogens is 3. The number of aryl methyl sites for hydroxylation is 1. The molecular formula is C15H11ClFN3OS. The average molecular weight is 336 g/mol. The highest BCUT2D eigenvalue weighted by atomic mass is 35.5. The summed E-state index contributed by atoms with van der Waals surface area (Å²) in [6, 6.07) is 8.15. The van der Waals surface area contributed by atoms with Crippen molar-refractivity contribution in [3.8, 4) is 0 Å². The first-order valence-corrected chi connectivity index (χ1v) is 7.84. The van der Waals surface area contributed by atoms with E-state index >= 15 is 0 Å². The Balaban J connectivity index is 1.95. The SMILES string of the molecule is Cc1cccn2c(=O)nc(SCc3c(F)cccc3Cl)nc12. The third-order valence-electron chi connectivity index (χ3n) is 3.17. The molecule has 0 bridgehead atoms. The minimum Gasteiger partial charge on any atom is -0.251 e. The highest BCUT2D eigenvalue weighted by molar-refractivity contribution is 7.98. The number of benzene rings is 1. The summed E-state index contributed by atoms with van der Waals surface area (Å²) in [5.74, 6) is -0.124. The normalized spacial score (nSPS) is 11.0. The fraction of sp³-hybridized carbons (Fsp3) is 0.133. The lowest BCUT2D eigenvalue weighted by Crippen LogP contribution is -2.19. The summed E-state index contributed by atoms with van der Waals surface area (Å²) in [7, 11) is 0. The van der Waals surface area contributed by atoms with Crippen LogP contribution < -0.4 is 5.69 Å². The van der Waals surface area contributed by atoms with Gasteiger partial charge in [0.1, 0.15) is 11.5 Å². The molecule has 2 aromatic heterocycles. The molecule has 0 saturated carbocycles. The zero-order valence-electron chi connectivity index (χ0n) is 11.6. The van der Waals surface area contributed by atoms with Crippen molar-refractivity contribution in [3.63, 3.8) is 0 Å². The van der Waals surface area contributed by atoms with Crippen LogP contribution in [0.25, 0.3) is 5.65 Å². The predicted octanol–water partition coefficient (Wildman–Crippen LogP) is 3.48. The van der Waals surface area contributed by atoms with Crippen LogP contribution in [0.15, 0.2) is 46.5 Å². The van der Waals surface area contributed by atoms with Crippen molar-refractivity contribution >= 4 is 29.0 Å². The number of hydrogen-bond donors (Lipinski definition) is 0. The van der Waals surface area contributed by atoms with Gasteiger partial charge in [0, 0.05) is 22.5 Å². The molecule has 0 unspecified atom stereocenters. The summed E-state index contributed by atoms with van der Waals surface area (Å²) in [4.78, 5) is 20.3. The zero-order valence-corrected chi connectivity index (χ0v) is 13.2. The highest BCUT2D eigenvalue weighted by Crippen LogP contribution is 2.26. The van der Waals surface area contributed by atoms with Gasteiger partial charge in [0.25, 0.3) is 0 Å². The summed E-state index contributed by atoms with van der Waals surface area (Å²) < 4.78 is 15.1. The lowest BCUT2D eigenvalue weighted by atomic mass is 10.2. The first kappa shape index (κ1) is 15.0. The maximum atomic E-state index is 13.7. The van der Waals surface area contributed by atoms with Gasteiger partial charge in [-0.05, 0) is 30.7 Å². The van der Waals surface area contributed by atoms with Crippen molar-refractivity contribution in [2.45, 2.75) is 17.8 Å². The van der Waals surface area contributed by atoms with Gasteiger partial charge in [-0.15, -0.1) is 0 Å². The van der Waals surface area contributed by atoms with Crippen LogP contribution in [0, 0.1) is 12.7 Å². The number of hydrogen-bond acceptors (Lipinski definition) is 4. The van der Waals surface area contributed by atoms with Crippen LogP contribution in [0.5, 0.6) is 0 Å². The van der Waals surface area contributed by atoms with Crippen LogP contribution in [0.2, 0.25) is 5.02 Å². The van der Waals surface area contributed by atoms with Gasteiger partial charge in [0.05, 0.1) is 0 Å². The molecule has 3 aromatic rings. The van der Waals surface area contributed by atoms with E-state index in [-0.39, 0.29) is 11.6 Å². The minimum absolute atomic E-state index is 0.257. The average Bonchev–Trinajstić information content (AvgIpc) is 2.48. The Morgan fingerprint density at radius 2 is 2.09 bits per heavy atom.